The standard InChI is InChI=1S/C18H20BrClN2O3/c1-16(2)17(3)8-9-18(16,12(19)13(17)23)15(25)22-21-14(24)10-4-6-11(20)7-5-10/h4-7,12H,8-9H2,1-3H3,(H,21,24)(H,22,25). The first-order valence-corrected chi connectivity index (χ1v) is 9.42. The van der Waals surface area contributed by atoms with E-state index in [1.807, 2.05) is 20.8 Å². The summed E-state index contributed by atoms with van der Waals surface area (Å²) in [4.78, 5) is 37.3. The van der Waals surface area contributed by atoms with E-state index in [9.17, 15) is 14.4 Å². The van der Waals surface area contributed by atoms with Gasteiger partial charge in [0.05, 0.1) is 10.2 Å². The predicted octanol–water partition coefficient (Wildman–Crippen LogP) is 3.26. The van der Waals surface area contributed by atoms with E-state index in [0.29, 0.717) is 23.4 Å². The topological polar surface area (TPSA) is 75.3 Å². The molecule has 2 fully saturated rings. The molecule has 3 rings (SSSR count). The van der Waals surface area contributed by atoms with Gasteiger partial charge in [-0.1, -0.05) is 48.3 Å². The molecule has 2 aliphatic rings. The highest BCUT2D eigenvalue weighted by molar-refractivity contribution is 9.10. The van der Waals surface area contributed by atoms with Crippen LogP contribution in [0.5, 0.6) is 0 Å². The molecule has 2 amide bonds. The van der Waals surface area contributed by atoms with E-state index in [0.717, 1.165) is 0 Å². The minimum atomic E-state index is -0.883. The first-order chi connectivity index (χ1) is 11.6. The quantitative estimate of drug-likeness (QED) is 0.562. The van der Waals surface area contributed by atoms with Crippen molar-refractivity contribution in [1.29, 1.82) is 0 Å². The van der Waals surface area contributed by atoms with E-state index in [4.69, 9.17) is 11.6 Å². The number of Topliss-reactive ketones (excluding diaryl/α,β-unsaturated/α-hetero) is 1. The number of amides is 2. The zero-order valence-electron chi connectivity index (χ0n) is 14.3. The summed E-state index contributed by atoms with van der Waals surface area (Å²) in [5.41, 5.74) is 3.42. The number of rotatable bonds is 2. The molecule has 1 aromatic carbocycles. The lowest BCUT2D eigenvalue weighted by molar-refractivity contribution is -0.136. The summed E-state index contributed by atoms with van der Waals surface area (Å²) in [5, 5.41) is 0.526. The van der Waals surface area contributed by atoms with E-state index >= 15 is 0 Å². The minimum Gasteiger partial charge on any atom is -0.298 e. The Balaban J connectivity index is 1.78. The van der Waals surface area contributed by atoms with Crippen LogP contribution >= 0.6 is 27.5 Å². The van der Waals surface area contributed by atoms with Crippen LogP contribution in [-0.2, 0) is 9.59 Å². The molecular formula is C18H20BrClN2O3. The Hall–Kier alpha value is -1.40. The molecule has 0 saturated heterocycles. The Kier molecular flexibility index (Phi) is 4.27. The number of hydrogen-bond donors (Lipinski definition) is 2. The van der Waals surface area contributed by atoms with Gasteiger partial charge >= 0.3 is 0 Å². The third-order valence-corrected chi connectivity index (χ3v) is 7.97. The molecule has 2 aliphatic carbocycles. The summed E-state index contributed by atoms with van der Waals surface area (Å²) < 4.78 is 0. The lowest BCUT2D eigenvalue weighted by Gasteiger charge is -2.39. The maximum atomic E-state index is 13.0. The van der Waals surface area contributed by atoms with E-state index < -0.39 is 27.0 Å². The van der Waals surface area contributed by atoms with Crippen molar-refractivity contribution in [3.05, 3.63) is 34.9 Å². The summed E-state index contributed by atoms with van der Waals surface area (Å²) in [7, 11) is 0. The van der Waals surface area contributed by atoms with Crippen molar-refractivity contribution in [3.63, 3.8) is 0 Å². The molecule has 0 heterocycles. The fourth-order valence-corrected chi connectivity index (χ4v) is 5.99. The van der Waals surface area contributed by atoms with Crippen molar-refractivity contribution in [1.82, 2.24) is 10.9 Å². The maximum Gasteiger partial charge on any atom is 0.269 e. The lowest BCUT2D eigenvalue weighted by Crippen LogP contribution is -2.55. The molecule has 0 aromatic heterocycles. The highest BCUT2D eigenvalue weighted by Crippen LogP contribution is 2.72. The van der Waals surface area contributed by atoms with Crippen molar-refractivity contribution in [2.45, 2.75) is 38.4 Å². The van der Waals surface area contributed by atoms with Crippen LogP contribution in [0.15, 0.2) is 24.3 Å². The smallest absolute Gasteiger partial charge is 0.269 e. The molecule has 5 nitrogen and oxygen atoms in total. The van der Waals surface area contributed by atoms with Crippen molar-refractivity contribution >= 4 is 45.1 Å². The molecule has 2 bridgehead atoms. The molecule has 0 spiro atoms. The van der Waals surface area contributed by atoms with Crippen LogP contribution in [0.1, 0.15) is 44.0 Å². The minimum absolute atomic E-state index is 0.0583. The van der Waals surface area contributed by atoms with Gasteiger partial charge in [0.1, 0.15) is 0 Å². The van der Waals surface area contributed by atoms with Gasteiger partial charge in [0, 0.05) is 16.0 Å². The first-order valence-electron chi connectivity index (χ1n) is 8.13. The largest absolute Gasteiger partial charge is 0.298 e. The van der Waals surface area contributed by atoms with Crippen LogP contribution in [0.4, 0.5) is 0 Å². The predicted molar refractivity (Wildman–Crippen MR) is 98.3 cm³/mol. The number of hydrogen-bond acceptors (Lipinski definition) is 3. The van der Waals surface area contributed by atoms with Gasteiger partial charge in [0.25, 0.3) is 5.91 Å². The molecular weight excluding hydrogens is 408 g/mol. The van der Waals surface area contributed by atoms with Gasteiger partial charge in [0.2, 0.25) is 5.91 Å². The van der Waals surface area contributed by atoms with Gasteiger partial charge in [-0.15, -0.1) is 0 Å². The van der Waals surface area contributed by atoms with Crippen molar-refractivity contribution in [3.8, 4) is 0 Å². The average Bonchev–Trinajstić information content (AvgIpc) is 2.85. The summed E-state index contributed by atoms with van der Waals surface area (Å²) >= 11 is 9.26. The fraction of sp³-hybridized carbons (Fsp3) is 0.500. The van der Waals surface area contributed by atoms with Crippen molar-refractivity contribution in [2.24, 2.45) is 16.2 Å². The maximum absolute atomic E-state index is 13.0. The van der Waals surface area contributed by atoms with E-state index in [1.165, 1.54) is 0 Å². The zero-order valence-corrected chi connectivity index (χ0v) is 16.6. The number of benzene rings is 1. The van der Waals surface area contributed by atoms with Gasteiger partial charge in [-0.05, 0) is 42.5 Å². The molecule has 25 heavy (non-hydrogen) atoms. The number of halogens is 2. The Morgan fingerprint density at radius 1 is 1.12 bits per heavy atom. The summed E-state index contributed by atoms with van der Waals surface area (Å²) in [6.45, 7) is 5.84. The third kappa shape index (κ3) is 2.30. The second-order valence-electron chi connectivity index (χ2n) is 7.57. The number of alkyl halides is 1. The van der Waals surface area contributed by atoms with Gasteiger partial charge in [0.15, 0.2) is 5.78 Å². The highest BCUT2D eigenvalue weighted by Gasteiger charge is 2.76. The normalized spacial score (nSPS) is 32.5. The molecule has 1 aromatic rings. The van der Waals surface area contributed by atoms with E-state index in [2.05, 4.69) is 26.8 Å². The number of fused-ring (bicyclic) bond motifs is 2. The number of hydrazine groups is 1. The van der Waals surface area contributed by atoms with Crippen LogP contribution in [0.2, 0.25) is 5.02 Å². The summed E-state index contributed by atoms with van der Waals surface area (Å²) in [6, 6.07) is 6.36. The van der Waals surface area contributed by atoms with Crippen LogP contribution in [0, 0.1) is 16.2 Å². The van der Waals surface area contributed by atoms with Crippen molar-refractivity contribution in [2.75, 3.05) is 0 Å². The second-order valence-corrected chi connectivity index (χ2v) is 8.92. The monoisotopic (exact) mass is 426 g/mol. The highest BCUT2D eigenvalue weighted by atomic mass is 79.9. The zero-order chi connectivity index (χ0) is 18.6. The van der Waals surface area contributed by atoms with Crippen LogP contribution < -0.4 is 10.9 Å². The molecule has 134 valence electrons. The summed E-state index contributed by atoms with van der Waals surface area (Å²) in [6.07, 6.45) is 1.26. The number of nitrogens with one attached hydrogen (secondary N) is 2. The van der Waals surface area contributed by atoms with Crippen LogP contribution in [0.3, 0.4) is 0 Å². The van der Waals surface area contributed by atoms with Gasteiger partial charge in [-0.3, -0.25) is 25.2 Å². The molecule has 3 atom stereocenters. The molecule has 0 radical (unpaired) electrons. The van der Waals surface area contributed by atoms with Crippen LogP contribution in [-0.4, -0.2) is 22.4 Å². The number of ketones is 1. The van der Waals surface area contributed by atoms with Gasteiger partial charge < -0.3 is 0 Å². The Morgan fingerprint density at radius 3 is 2.24 bits per heavy atom. The molecule has 2 N–H and O–H groups in total. The Bertz CT molecular complexity index is 764. The molecule has 3 unspecified atom stereocenters. The van der Waals surface area contributed by atoms with Crippen molar-refractivity contribution < 1.29 is 14.4 Å². The number of carbonyl (C=O) groups is 3. The average molecular weight is 428 g/mol. The van der Waals surface area contributed by atoms with Gasteiger partial charge in [-0.2, -0.15) is 0 Å². The Labute approximate surface area is 160 Å². The fourth-order valence-electron chi connectivity index (χ4n) is 4.35. The molecule has 0 aliphatic heterocycles. The summed E-state index contributed by atoms with van der Waals surface area (Å²) in [5.74, 6) is -0.713. The van der Waals surface area contributed by atoms with E-state index in [1.54, 1.807) is 24.3 Å². The third-order valence-electron chi connectivity index (χ3n) is 6.52. The lowest BCUT2D eigenvalue weighted by atomic mass is 9.64. The molecule has 7 heteroatoms. The first kappa shape index (κ1) is 18.4. The molecule has 2 saturated carbocycles. The number of carbonyl (C=O) groups excluding carboxylic acids is 3. The van der Waals surface area contributed by atoms with Crippen LogP contribution in [0.25, 0.3) is 0 Å². The van der Waals surface area contributed by atoms with Gasteiger partial charge in [-0.25, -0.2) is 0 Å². The van der Waals surface area contributed by atoms with E-state index in [-0.39, 0.29) is 11.7 Å². The second kappa shape index (κ2) is 5.81. The SMILES string of the molecule is CC12CCC(C(=O)NNC(=O)c3ccc(Cl)cc3)(C(Br)C1=O)C2(C)C. The Morgan fingerprint density at radius 2 is 1.72 bits per heavy atom.